The zero-order valence-electron chi connectivity index (χ0n) is 29.8. The first-order valence-electron chi connectivity index (χ1n) is 18.7. The summed E-state index contributed by atoms with van der Waals surface area (Å²) in [6.07, 6.45) is 0. The number of nitrogens with zero attached hydrogens (tertiary/aromatic N) is 1. The van der Waals surface area contributed by atoms with Crippen molar-refractivity contribution in [1.29, 1.82) is 0 Å². The fraction of sp³-hybridized carbons (Fsp3) is 0. The predicted molar refractivity (Wildman–Crippen MR) is 235 cm³/mol. The second-order valence-electron chi connectivity index (χ2n) is 14.0. The van der Waals surface area contributed by atoms with E-state index < -0.39 is 0 Å². The Labute approximate surface area is 322 Å². The van der Waals surface area contributed by atoms with E-state index in [2.05, 4.69) is 199 Å². The topological polar surface area (TPSA) is 16.4 Å². The summed E-state index contributed by atoms with van der Waals surface area (Å²) in [6, 6.07) is 72.2. The molecule has 55 heavy (non-hydrogen) atoms. The zero-order valence-corrected chi connectivity index (χ0v) is 30.6. The molecular formula is C52H33NOS. The van der Waals surface area contributed by atoms with Crippen LogP contribution in [0.2, 0.25) is 0 Å². The molecule has 0 amide bonds. The number of furan rings is 1. The summed E-state index contributed by atoms with van der Waals surface area (Å²) < 4.78 is 9.30. The largest absolute Gasteiger partial charge is 0.454 e. The Balaban J connectivity index is 1.16. The average molecular weight is 720 g/mol. The van der Waals surface area contributed by atoms with E-state index in [9.17, 15) is 0 Å². The van der Waals surface area contributed by atoms with Crippen LogP contribution in [-0.4, -0.2) is 0 Å². The summed E-state index contributed by atoms with van der Waals surface area (Å²) >= 11 is 1.86. The quantitative estimate of drug-likeness (QED) is 0.170. The van der Waals surface area contributed by atoms with Gasteiger partial charge in [0, 0.05) is 42.3 Å². The lowest BCUT2D eigenvalue weighted by Crippen LogP contribution is -2.10. The molecule has 2 nitrogen and oxygen atoms in total. The molecule has 11 rings (SSSR count). The number of fused-ring (bicyclic) bond motifs is 7. The van der Waals surface area contributed by atoms with Crippen molar-refractivity contribution in [3.8, 4) is 33.4 Å². The van der Waals surface area contributed by atoms with Crippen LogP contribution in [0.1, 0.15) is 0 Å². The molecule has 0 aliphatic carbocycles. The van der Waals surface area contributed by atoms with Crippen LogP contribution in [0.5, 0.6) is 0 Å². The van der Waals surface area contributed by atoms with Crippen LogP contribution in [0, 0.1) is 0 Å². The number of hydrogen-bond donors (Lipinski definition) is 0. The third-order valence-corrected chi connectivity index (χ3v) is 12.0. The van der Waals surface area contributed by atoms with Crippen molar-refractivity contribution in [2.45, 2.75) is 0 Å². The average Bonchev–Trinajstić information content (AvgIpc) is 3.83. The van der Waals surface area contributed by atoms with Crippen molar-refractivity contribution in [3.63, 3.8) is 0 Å². The number of rotatable bonds is 6. The highest BCUT2D eigenvalue weighted by Gasteiger charge is 2.22. The predicted octanol–water partition coefficient (Wildman–Crippen LogP) is 15.6. The van der Waals surface area contributed by atoms with E-state index in [0.29, 0.717) is 0 Å². The van der Waals surface area contributed by atoms with Crippen molar-refractivity contribution in [3.05, 3.63) is 200 Å². The smallest absolute Gasteiger partial charge is 0.159 e. The van der Waals surface area contributed by atoms with Crippen molar-refractivity contribution >= 4 is 81.3 Å². The van der Waals surface area contributed by atoms with Gasteiger partial charge in [-0.25, -0.2) is 0 Å². The fourth-order valence-corrected chi connectivity index (χ4v) is 9.50. The normalized spacial score (nSPS) is 11.6. The minimum absolute atomic E-state index is 0.862. The summed E-state index contributed by atoms with van der Waals surface area (Å²) in [5, 5.41) is 7.28. The fourth-order valence-electron chi connectivity index (χ4n) is 8.37. The minimum Gasteiger partial charge on any atom is -0.454 e. The van der Waals surface area contributed by atoms with Gasteiger partial charge in [-0.3, -0.25) is 0 Å². The highest BCUT2D eigenvalue weighted by Crippen LogP contribution is 2.47. The highest BCUT2D eigenvalue weighted by molar-refractivity contribution is 7.25. The van der Waals surface area contributed by atoms with E-state index >= 15 is 0 Å². The molecular weight excluding hydrogens is 687 g/mol. The van der Waals surface area contributed by atoms with Gasteiger partial charge in [-0.2, -0.15) is 0 Å². The second kappa shape index (κ2) is 12.9. The molecule has 2 heterocycles. The Morgan fingerprint density at radius 1 is 0.382 bits per heavy atom. The van der Waals surface area contributed by atoms with Gasteiger partial charge < -0.3 is 9.32 Å². The molecule has 9 aromatic carbocycles. The lowest BCUT2D eigenvalue weighted by atomic mass is 9.91. The molecule has 0 unspecified atom stereocenters. The number of hydrogen-bond acceptors (Lipinski definition) is 3. The van der Waals surface area contributed by atoms with Crippen molar-refractivity contribution in [1.82, 2.24) is 0 Å². The minimum atomic E-state index is 0.862. The van der Waals surface area contributed by atoms with E-state index in [4.69, 9.17) is 4.42 Å². The van der Waals surface area contributed by atoms with Crippen molar-refractivity contribution in [2.75, 3.05) is 4.90 Å². The third-order valence-electron chi connectivity index (χ3n) is 10.9. The molecule has 0 aliphatic heterocycles. The number of thiophene rings is 1. The van der Waals surface area contributed by atoms with Crippen LogP contribution in [0.4, 0.5) is 17.1 Å². The summed E-state index contributed by atoms with van der Waals surface area (Å²) in [4.78, 5) is 2.36. The summed E-state index contributed by atoms with van der Waals surface area (Å²) in [5.41, 5.74) is 12.0. The number of anilines is 3. The van der Waals surface area contributed by atoms with Gasteiger partial charge in [-0.1, -0.05) is 152 Å². The molecule has 11 aromatic rings. The molecule has 0 atom stereocenters. The Morgan fingerprint density at radius 3 is 1.91 bits per heavy atom. The summed E-state index contributed by atoms with van der Waals surface area (Å²) in [7, 11) is 0. The Bertz CT molecular complexity index is 3200. The molecule has 0 aliphatic rings. The second-order valence-corrected chi connectivity index (χ2v) is 15.1. The molecule has 0 spiro atoms. The van der Waals surface area contributed by atoms with Gasteiger partial charge in [-0.15, -0.1) is 11.3 Å². The Kier molecular flexibility index (Phi) is 7.39. The monoisotopic (exact) mass is 719 g/mol. The van der Waals surface area contributed by atoms with Crippen LogP contribution in [-0.2, 0) is 0 Å². The lowest BCUT2D eigenvalue weighted by Gasteiger charge is -2.27. The summed E-state index contributed by atoms with van der Waals surface area (Å²) in [5.74, 6) is 0. The highest BCUT2D eigenvalue weighted by atomic mass is 32.1. The van der Waals surface area contributed by atoms with Gasteiger partial charge in [0.1, 0.15) is 5.58 Å². The maximum atomic E-state index is 6.71. The van der Waals surface area contributed by atoms with E-state index in [1.165, 1.54) is 64.3 Å². The van der Waals surface area contributed by atoms with Gasteiger partial charge in [0.2, 0.25) is 0 Å². The van der Waals surface area contributed by atoms with E-state index in [-0.39, 0.29) is 0 Å². The molecule has 0 N–H and O–H groups in total. The number of benzene rings is 9. The van der Waals surface area contributed by atoms with E-state index in [1.807, 2.05) is 17.4 Å². The maximum absolute atomic E-state index is 6.71. The standard InChI is InChI=1S/C52H33NOS/c1-2-13-34(14-3-1)41-32-31-38(33-46(41)43-21-12-26-50-51(43)45-19-7-9-25-49(45)55-50)53(47-23-11-22-44-42-18-6-8-24-48(42)54-52(44)47)37-29-27-36(28-30-37)40-20-10-16-35-15-4-5-17-39(35)40/h1-33H. The molecule has 0 saturated carbocycles. The van der Waals surface area contributed by atoms with E-state index in [0.717, 1.165) is 39.0 Å². The first-order valence-corrected chi connectivity index (χ1v) is 19.5. The summed E-state index contributed by atoms with van der Waals surface area (Å²) in [6.45, 7) is 0. The van der Waals surface area contributed by atoms with Gasteiger partial charge in [-0.05, 0) is 92.7 Å². The van der Waals surface area contributed by atoms with Gasteiger partial charge in [0.15, 0.2) is 5.58 Å². The first-order chi connectivity index (χ1) is 27.3. The zero-order chi connectivity index (χ0) is 36.3. The van der Waals surface area contributed by atoms with Crippen molar-refractivity contribution < 1.29 is 4.42 Å². The molecule has 3 heteroatoms. The SMILES string of the molecule is c1ccc(-c2ccc(N(c3ccc(-c4cccc5ccccc45)cc3)c3cccc4c3oc3ccccc34)cc2-c2cccc3sc4ccccc4c23)cc1. The maximum Gasteiger partial charge on any atom is 0.159 e. The number of para-hydroxylation sites is 2. The van der Waals surface area contributed by atoms with Crippen LogP contribution in [0.3, 0.4) is 0 Å². The van der Waals surface area contributed by atoms with Gasteiger partial charge in [0.05, 0.1) is 5.69 Å². The van der Waals surface area contributed by atoms with Crippen LogP contribution < -0.4 is 4.90 Å². The lowest BCUT2D eigenvalue weighted by molar-refractivity contribution is 0.669. The van der Waals surface area contributed by atoms with Crippen molar-refractivity contribution in [2.24, 2.45) is 0 Å². The van der Waals surface area contributed by atoms with E-state index in [1.54, 1.807) is 0 Å². The van der Waals surface area contributed by atoms with Crippen LogP contribution in [0.25, 0.3) is 86.3 Å². The van der Waals surface area contributed by atoms with Gasteiger partial charge >= 0.3 is 0 Å². The molecule has 2 aromatic heterocycles. The third kappa shape index (κ3) is 5.24. The Hall–Kier alpha value is -6.94. The molecule has 0 radical (unpaired) electrons. The van der Waals surface area contributed by atoms with Crippen LogP contribution >= 0.6 is 11.3 Å². The molecule has 0 bridgehead atoms. The first kappa shape index (κ1) is 31.6. The van der Waals surface area contributed by atoms with Crippen LogP contribution in [0.15, 0.2) is 205 Å². The molecule has 258 valence electrons. The Morgan fingerprint density at radius 2 is 1.02 bits per heavy atom. The molecule has 0 saturated heterocycles. The molecule has 0 fully saturated rings. The van der Waals surface area contributed by atoms with Gasteiger partial charge in [0.25, 0.3) is 0 Å².